The van der Waals surface area contributed by atoms with E-state index in [0.717, 1.165) is 13.0 Å². The van der Waals surface area contributed by atoms with Crippen molar-refractivity contribution in [3.8, 4) is 0 Å². The number of hydrogen-bond donors (Lipinski definition) is 1. The normalized spacial score (nSPS) is 39.7. The van der Waals surface area contributed by atoms with Gasteiger partial charge in [-0.25, -0.2) is 0 Å². The molecule has 3 fully saturated rings. The number of rotatable bonds is 4. The fourth-order valence-electron chi connectivity index (χ4n) is 4.56. The quantitative estimate of drug-likeness (QED) is 0.855. The average molecular weight is 295 g/mol. The summed E-state index contributed by atoms with van der Waals surface area (Å²) in [5.41, 5.74) is 0.232. The van der Waals surface area contributed by atoms with E-state index in [1.165, 1.54) is 57.8 Å². The zero-order chi connectivity index (χ0) is 14.7. The standard InChI is InChI=1S/C18H33NO2/c1-3-16-17(8-7-14(2)19-16)20-13-15-9-12-18(21-15)10-5-4-6-11-18/h14-17,19H,3-13H2,1-2H3. The molecule has 4 atom stereocenters. The molecule has 1 spiro atoms. The Morgan fingerprint density at radius 3 is 2.67 bits per heavy atom. The van der Waals surface area contributed by atoms with Crippen molar-refractivity contribution in [2.45, 2.75) is 108 Å². The van der Waals surface area contributed by atoms with Crippen molar-refractivity contribution in [1.29, 1.82) is 0 Å². The van der Waals surface area contributed by atoms with Crippen LogP contribution < -0.4 is 5.32 Å². The molecule has 3 nitrogen and oxygen atoms in total. The van der Waals surface area contributed by atoms with E-state index in [-0.39, 0.29) is 5.60 Å². The van der Waals surface area contributed by atoms with Crippen molar-refractivity contribution in [2.75, 3.05) is 6.61 Å². The van der Waals surface area contributed by atoms with Gasteiger partial charge in [0.05, 0.1) is 24.4 Å². The highest BCUT2D eigenvalue weighted by Gasteiger charge is 2.41. The van der Waals surface area contributed by atoms with E-state index in [0.29, 0.717) is 24.3 Å². The maximum atomic E-state index is 6.43. The predicted octanol–water partition coefficient (Wildman–Crippen LogP) is 3.80. The lowest BCUT2D eigenvalue weighted by Gasteiger charge is -2.37. The topological polar surface area (TPSA) is 30.5 Å². The van der Waals surface area contributed by atoms with Gasteiger partial charge in [-0.15, -0.1) is 0 Å². The Morgan fingerprint density at radius 1 is 1.10 bits per heavy atom. The van der Waals surface area contributed by atoms with Crippen molar-refractivity contribution in [3.63, 3.8) is 0 Å². The van der Waals surface area contributed by atoms with Crippen LogP contribution in [0.25, 0.3) is 0 Å². The van der Waals surface area contributed by atoms with E-state index < -0.39 is 0 Å². The summed E-state index contributed by atoms with van der Waals surface area (Å²) in [5, 5.41) is 3.68. The zero-order valence-electron chi connectivity index (χ0n) is 13.9. The first-order valence-corrected chi connectivity index (χ1v) is 9.26. The molecule has 0 amide bonds. The third-order valence-corrected chi connectivity index (χ3v) is 5.87. The summed E-state index contributed by atoms with van der Waals surface area (Å²) in [6.07, 6.45) is 13.5. The molecule has 2 saturated heterocycles. The molecule has 2 heterocycles. The summed E-state index contributed by atoms with van der Waals surface area (Å²) >= 11 is 0. The number of ether oxygens (including phenoxy) is 2. The summed E-state index contributed by atoms with van der Waals surface area (Å²) in [6.45, 7) is 5.35. The van der Waals surface area contributed by atoms with Crippen LogP contribution in [0.15, 0.2) is 0 Å². The minimum atomic E-state index is 0.232. The molecule has 0 aromatic carbocycles. The molecular formula is C18H33NO2. The second-order valence-corrected chi connectivity index (χ2v) is 7.55. The molecule has 2 aliphatic heterocycles. The maximum absolute atomic E-state index is 6.43. The van der Waals surface area contributed by atoms with Gasteiger partial charge in [0, 0.05) is 12.1 Å². The summed E-state index contributed by atoms with van der Waals surface area (Å²) < 4.78 is 12.7. The summed E-state index contributed by atoms with van der Waals surface area (Å²) in [6, 6.07) is 1.17. The molecule has 0 bridgehead atoms. The van der Waals surface area contributed by atoms with Crippen molar-refractivity contribution in [3.05, 3.63) is 0 Å². The van der Waals surface area contributed by atoms with E-state index in [4.69, 9.17) is 9.47 Å². The fraction of sp³-hybridized carbons (Fsp3) is 1.00. The Kier molecular flexibility index (Phi) is 5.23. The van der Waals surface area contributed by atoms with Gasteiger partial charge in [0.15, 0.2) is 0 Å². The molecule has 1 N–H and O–H groups in total. The minimum Gasteiger partial charge on any atom is -0.374 e. The van der Waals surface area contributed by atoms with Gasteiger partial charge in [-0.05, 0) is 51.9 Å². The molecule has 1 saturated carbocycles. The summed E-state index contributed by atoms with van der Waals surface area (Å²) in [4.78, 5) is 0. The van der Waals surface area contributed by atoms with Gasteiger partial charge in [-0.2, -0.15) is 0 Å². The van der Waals surface area contributed by atoms with Crippen molar-refractivity contribution in [1.82, 2.24) is 5.32 Å². The van der Waals surface area contributed by atoms with Gasteiger partial charge in [-0.1, -0.05) is 26.2 Å². The number of nitrogens with one attached hydrogen (secondary N) is 1. The van der Waals surface area contributed by atoms with Crippen LogP contribution in [0.1, 0.15) is 78.1 Å². The second-order valence-electron chi connectivity index (χ2n) is 7.55. The highest BCUT2D eigenvalue weighted by atomic mass is 16.6. The maximum Gasteiger partial charge on any atom is 0.0817 e. The van der Waals surface area contributed by atoms with E-state index >= 15 is 0 Å². The highest BCUT2D eigenvalue weighted by Crippen LogP contribution is 2.42. The Morgan fingerprint density at radius 2 is 1.90 bits per heavy atom. The van der Waals surface area contributed by atoms with Gasteiger partial charge in [-0.3, -0.25) is 0 Å². The Hall–Kier alpha value is -0.120. The summed E-state index contributed by atoms with van der Waals surface area (Å²) in [5.74, 6) is 0. The van der Waals surface area contributed by atoms with Crippen LogP contribution in [0.3, 0.4) is 0 Å². The minimum absolute atomic E-state index is 0.232. The van der Waals surface area contributed by atoms with Crippen LogP contribution >= 0.6 is 0 Å². The third kappa shape index (κ3) is 3.80. The van der Waals surface area contributed by atoms with E-state index in [2.05, 4.69) is 19.2 Å². The van der Waals surface area contributed by atoms with Crippen molar-refractivity contribution >= 4 is 0 Å². The Labute approximate surface area is 130 Å². The first kappa shape index (κ1) is 15.8. The van der Waals surface area contributed by atoms with Gasteiger partial charge >= 0.3 is 0 Å². The molecule has 21 heavy (non-hydrogen) atoms. The van der Waals surface area contributed by atoms with Gasteiger partial charge in [0.25, 0.3) is 0 Å². The van der Waals surface area contributed by atoms with Crippen LogP contribution in [0.2, 0.25) is 0 Å². The third-order valence-electron chi connectivity index (χ3n) is 5.87. The fourth-order valence-corrected chi connectivity index (χ4v) is 4.56. The first-order chi connectivity index (χ1) is 10.2. The first-order valence-electron chi connectivity index (χ1n) is 9.26. The SMILES string of the molecule is CCC1NC(C)CCC1OCC1CCC2(CCCCC2)O1. The largest absolute Gasteiger partial charge is 0.374 e. The smallest absolute Gasteiger partial charge is 0.0817 e. The molecule has 3 heteroatoms. The van der Waals surface area contributed by atoms with Crippen molar-refractivity contribution in [2.24, 2.45) is 0 Å². The highest BCUT2D eigenvalue weighted by molar-refractivity contribution is 4.92. The average Bonchev–Trinajstić information content (AvgIpc) is 2.89. The number of piperidine rings is 1. The van der Waals surface area contributed by atoms with Gasteiger partial charge in [0.2, 0.25) is 0 Å². The molecule has 0 radical (unpaired) electrons. The molecule has 122 valence electrons. The Balaban J connectivity index is 1.45. The molecule has 0 aromatic heterocycles. The van der Waals surface area contributed by atoms with Gasteiger partial charge in [0.1, 0.15) is 0 Å². The van der Waals surface area contributed by atoms with Crippen LogP contribution in [0.5, 0.6) is 0 Å². The van der Waals surface area contributed by atoms with Crippen LogP contribution in [0.4, 0.5) is 0 Å². The Bertz CT molecular complexity index is 327. The van der Waals surface area contributed by atoms with E-state index in [1.807, 2.05) is 0 Å². The monoisotopic (exact) mass is 295 g/mol. The lowest BCUT2D eigenvalue weighted by atomic mass is 9.83. The number of hydrogen-bond acceptors (Lipinski definition) is 3. The van der Waals surface area contributed by atoms with Crippen molar-refractivity contribution < 1.29 is 9.47 Å². The van der Waals surface area contributed by atoms with Crippen LogP contribution in [-0.2, 0) is 9.47 Å². The molecule has 3 aliphatic rings. The predicted molar refractivity (Wildman–Crippen MR) is 85.6 cm³/mol. The zero-order valence-corrected chi connectivity index (χ0v) is 13.9. The molecule has 4 unspecified atom stereocenters. The van der Waals surface area contributed by atoms with Crippen LogP contribution in [0, 0.1) is 0 Å². The van der Waals surface area contributed by atoms with E-state index in [9.17, 15) is 0 Å². The van der Waals surface area contributed by atoms with Gasteiger partial charge < -0.3 is 14.8 Å². The molecule has 3 rings (SSSR count). The van der Waals surface area contributed by atoms with E-state index in [1.54, 1.807) is 0 Å². The molecule has 0 aromatic rings. The summed E-state index contributed by atoms with van der Waals surface area (Å²) in [7, 11) is 0. The van der Waals surface area contributed by atoms with Crippen LogP contribution in [-0.4, -0.2) is 36.5 Å². The lowest BCUT2D eigenvalue weighted by molar-refractivity contribution is -0.106. The second kappa shape index (κ2) is 6.97. The lowest BCUT2D eigenvalue weighted by Crippen LogP contribution is -2.50. The molecular weight excluding hydrogens is 262 g/mol. The molecule has 1 aliphatic carbocycles.